The lowest BCUT2D eigenvalue weighted by Gasteiger charge is -2.31. The Hall–Kier alpha value is -1.47. The van der Waals surface area contributed by atoms with Crippen molar-refractivity contribution in [2.45, 2.75) is 38.6 Å². The van der Waals surface area contributed by atoms with Crippen LogP contribution < -0.4 is 5.32 Å². The van der Waals surface area contributed by atoms with Gasteiger partial charge in [0.15, 0.2) is 0 Å². The van der Waals surface area contributed by atoms with Crippen LogP contribution in [0.1, 0.15) is 43.0 Å². The number of pyridine rings is 1. The molecule has 0 unspecified atom stereocenters. The van der Waals surface area contributed by atoms with Crippen molar-refractivity contribution >= 4 is 15.9 Å². The molecular weight excluding hydrogens is 302 g/mol. The number of nitrogens with zero attached hydrogens (tertiary/aromatic N) is 2. The lowest BCUT2D eigenvalue weighted by molar-refractivity contribution is 0.0923. The SMILES string of the molecule is CCCCS(=O)(=O)N1CCC(NC(=O)c2ccncc2)CC1. The summed E-state index contributed by atoms with van der Waals surface area (Å²) in [4.78, 5) is 15.9. The third-order valence-electron chi connectivity index (χ3n) is 3.88. The molecule has 1 aliphatic heterocycles. The Bertz CT molecular complexity index is 581. The van der Waals surface area contributed by atoms with Crippen molar-refractivity contribution in [2.24, 2.45) is 0 Å². The predicted molar refractivity (Wildman–Crippen MR) is 85.0 cm³/mol. The van der Waals surface area contributed by atoms with Gasteiger partial charge >= 0.3 is 0 Å². The molecule has 0 radical (unpaired) electrons. The van der Waals surface area contributed by atoms with E-state index in [0.29, 0.717) is 37.9 Å². The van der Waals surface area contributed by atoms with E-state index in [1.807, 2.05) is 6.92 Å². The average molecular weight is 325 g/mol. The fraction of sp³-hybridized carbons (Fsp3) is 0.600. The number of hydrogen-bond acceptors (Lipinski definition) is 4. The Morgan fingerprint density at radius 3 is 2.55 bits per heavy atom. The number of sulfonamides is 1. The van der Waals surface area contributed by atoms with Gasteiger partial charge in [-0.3, -0.25) is 9.78 Å². The molecule has 1 saturated heterocycles. The topological polar surface area (TPSA) is 79.4 Å². The highest BCUT2D eigenvalue weighted by atomic mass is 32.2. The second-order valence-electron chi connectivity index (χ2n) is 5.55. The van der Waals surface area contributed by atoms with Crippen molar-refractivity contribution in [3.05, 3.63) is 30.1 Å². The molecule has 1 aromatic heterocycles. The number of hydrogen-bond donors (Lipinski definition) is 1. The van der Waals surface area contributed by atoms with Gasteiger partial charge in [-0.1, -0.05) is 13.3 Å². The lowest BCUT2D eigenvalue weighted by atomic mass is 10.1. The number of carbonyl (C=O) groups excluding carboxylic acids is 1. The average Bonchev–Trinajstić information content (AvgIpc) is 2.54. The maximum absolute atomic E-state index is 12.1. The fourth-order valence-electron chi connectivity index (χ4n) is 2.51. The molecule has 0 bridgehead atoms. The molecule has 122 valence electrons. The van der Waals surface area contributed by atoms with E-state index in [-0.39, 0.29) is 17.7 Å². The first kappa shape index (κ1) is 16.9. The summed E-state index contributed by atoms with van der Waals surface area (Å²) in [5.41, 5.74) is 0.577. The van der Waals surface area contributed by atoms with Gasteiger partial charge in [0.1, 0.15) is 0 Å². The van der Waals surface area contributed by atoms with Gasteiger partial charge in [-0.15, -0.1) is 0 Å². The summed E-state index contributed by atoms with van der Waals surface area (Å²) < 4.78 is 25.8. The third kappa shape index (κ3) is 4.51. The summed E-state index contributed by atoms with van der Waals surface area (Å²) in [6, 6.07) is 3.36. The first-order valence-corrected chi connectivity index (χ1v) is 9.32. The minimum atomic E-state index is -3.14. The van der Waals surface area contributed by atoms with Gasteiger partial charge in [0.25, 0.3) is 5.91 Å². The number of piperidine rings is 1. The molecule has 1 aliphatic rings. The molecule has 0 spiro atoms. The van der Waals surface area contributed by atoms with E-state index < -0.39 is 10.0 Å². The van der Waals surface area contributed by atoms with Gasteiger partial charge in [0, 0.05) is 37.1 Å². The van der Waals surface area contributed by atoms with Crippen molar-refractivity contribution in [3.8, 4) is 0 Å². The molecule has 7 heteroatoms. The van der Waals surface area contributed by atoms with Gasteiger partial charge in [0.05, 0.1) is 5.75 Å². The van der Waals surface area contributed by atoms with Crippen molar-refractivity contribution in [1.29, 1.82) is 0 Å². The Morgan fingerprint density at radius 2 is 1.95 bits per heavy atom. The molecule has 2 heterocycles. The molecule has 0 saturated carbocycles. The number of nitrogens with one attached hydrogen (secondary N) is 1. The van der Waals surface area contributed by atoms with E-state index in [2.05, 4.69) is 10.3 Å². The number of aromatic nitrogens is 1. The molecule has 0 aliphatic carbocycles. The van der Waals surface area contributed by atoms with Crippen LogP contribution >= 0.6 is 0 Å². The van der Waals surface area contributed by atoms with E-state index in [0.717, 1.165) is 6.42 Å². The quantitative estimate of drug-likeness (QED) is 0.857. The molecule has 22 heavy (non-hydrogen) atoms. The van der Waals surface area contributed by atoms with Crippen molar-refractivity contribution < 1.29 is 13.2 Å². The van der Waals surface area contributed by atoms with E-state index in [1.54, 1.807) is 28.8 Å². The van der Waals surface area contributed by atoms with Crippen LogP contribution in [-0.4, -0.2) is 48.5 Å². The molecule has 1 fully saturated rings. The van der Waals surface area contributed by atoms with Crippen molar-refractivity contribution in [1.82, 2.24) is 14.6 Å². The van der Waals surface area contributed by atoms with Gasteiger partial charge in [-0.25, -0.2) is 12.7 Å². The molecule has 0 aromatic carbocycles. The molecule has 1 amide bonds. The number of carbonyl (C=O) groups is 1. The summed E-state index contributed by atoms with van der Waals surface area (Å²) in [5.74, 6) is 0.0899. The summed E-state index contributed by atoms with van der Waals surface area (Å²) in [7, 11) is -3.14. The van der Waals surface area contributed by atoms with Gasteiger partial charge in [-0.05, 0) is 31.4 Å². The standard InChI is InChI=1S/C15H23N3O3S/c1-2-3-12-22(20,21)18-10-6-14(7-11-18)17-15(19)13-4-8-16-9-5-13/h4-5,8-9,14H,2-3,6-7,10-12H2,1H3,(H,17,19). The largest absolute Gasteiger partial charge is 0.349 e. The summed E-state index contributed by atoms with van der Waals surface area (Å²) in [5, 5.41) is 2.96. The van der Waals surface area contributed by atoms with Crippen LogP contribution in [0.25, 0.3) is 0 Å². The second kappa shape index (κ2) is 7.69. The molecule has 1 N–H and O–H groups in total. The van der Waals surface area contributed by atoms with E-state index in [4.69, 9.17) is 0 Å². The Labute approximate surface area is 132 Å². The Balaban J connectivity index is 1.84. The summed E-state index contributed by atoms with van der Waals surface area (Å²) in [6.45, 7) is 2.94. The van der Waals surface area contributed by atoms with Crippen LogP contribution in [0.5, 0.6) is 0 Å². The smallest absolute Gasteiger partial charge is 0.251 e. The summed E-state index contributed by atoms with van der Waals surface area (Å²) >= 11 is 0. The first-order chi connectivity index (χ1) is 10.5. The molecular formula is C15H23N3O3S. The fourth-order valence-corrected chi connectivity index (χ4v) is 4.18. The maximum atomic E-state index is 12.1. The highest BCUT2D eigenvalue weighted by Crippen LogP contribution is 2.16. The third-order valence-corrected chi connectivity index (χ3v) is 5.84. The van der Waals surface area contributed by atoms with Gasteiger partial charge in [-0.2, -0.15) is 0 Å². The number of rotatable bonds is 6. The number of amides is 1. The maximum Gasteiger partial charge on any atom is 0.251 e. The first-order valence-electron chi connectivity index (χ1n) is 7.71. The zero-order valence-corrected chi connectivity index (χ0v) is 13.7. The zero-order chi connectivity index (χ0) is 16.0. The van der Waals surface area contributed by atoms with Crippen LogP contribution in [0.15, 0.2) is 24.5 Å². The van der Waals surface area contributed by atoms with Crippen LogP contribution in [0.4, 0.5) is 0 Å². The van der Waals surface area contributed by atoms with Crippen LogP contribution in [0, 0.1) is 0 Å². The predicted octanol–water partition coefficient (Wildman–Crippen LogP) is 1.41. The minimum Gasteiger partial charge on any atom is -0.349 e. The molecule has 1 aromatic rings. The second-order valence-corrected chi connectivity index (χ2v) is 7.64. The van der Waals surface area contributed by atoms with E-state index in [9.17, 15) is 13.2 Å². The normalized spacial score (nSPS) is 17.3. The Kier molecular flexibility index (Phi) is 5.90. The van der Waals surface area contributed by atoms with Crippen molar-refractivity contribution in [2.75, 3.05) is 18.8 Å². The Morgan fingerprint density at radius 1 is 1.32 bits per heavy atom. The molecule has 6 nitrogen and oxygen atoms in total. The highest BCUT2D eigenvalue weighted by Gasteiger charge is 2.28. The van der Waals surface area contributed by atoms with Gasteiger partial charge in [0.2, 0.25) is 10.0 Å². The molecule has 0 atom stereocenters. The van der Waals surface area contributed by atoms with E-state index >= 15 is 0 Å². The zero-order valence-electron chi connectivity index (χ0n) is 12.9. The van der Waals surface area contributed by atoms with Gasteiger partial charge < -0.3 is 5.32 Å². The lowest BCUT2D eigenvalue weighted by Crippen LogP contribution is -2.47. The van der Waals surface area contributed by atoms with Crippen LogP contribution in [-0.2, 0) is 10.0 Å². The van der Waals surface area contributed by atoms with Crippen molar-refractivity contribution in [3.63, 3.8) is 0 Å². The van der Waals surface area contributed by atoms with Crippen LogP contribution in [0.2, 0.25) is 0 Å². The van der Waals surface area contributed by atoms with Crippen LogP contribution in [0.3, 0.4) is 0 Å². The van der Waals surface area contributed by atoms with E-state index in [1.165, 1.54) is 0 Å². The monoisotopic (exact) mass is 325 g/mol. The highest BCUT2D eigenvalue weighted by molar-refractivity contribution is 7.89. The minimum absolute atomic E-state index is 0.0262. The molecule has 2 rings (SSSR count). The number of unbranched alkanes of at least 4 members (excludes halogenated alkanes) is 1. The summed E-state index contributed by atoms with van der Waals surface area (Å²) in [6.07, 6.45) is 6.04.